The number of nitrogens with two attached hydrogens (primary N) is 1. The van der Waals surface area contributed by atoms with Gasteiger partial charge in [-0.3, -0.25) is 5.10 Å². The third kappa shape index (κ3) is 0.878. The first-order chi connectivity index (χ1) is 5.28. The molecular formula is C8H13N3. The molecule has 3 heteroatoms. The second-order valence-corrected chi connectivity index (χ2v) is 3.41. The molecule has 60 valence electrons. The molecule has 3 nitrogen and oxygen atoms in total. The number of nitrogens with zero attached hydrogens (tertiary/aromatic N) is 1. The summed E-state index contributed by atoms with van der Waals surface area (Å²) in [6.45, 7) is 2.82. The van der Waals surface area contributed by atoms with Crippen LogP contribution in [0.4, 0.5) is 0 Å². The van der Waals surface area contributed by atoms with Gasteiger partial charge in [-0.05, 0) is 25.3 Å². The Morgan fingerprint density at radius 1 is 1.73 bits per heavy atom. The highest BCUT2D eigenvalue weighted by molar-refractivity contribution is 5.30. The quantitative estimate of drug-likeness (QED) is 0.654. The van der Waals surface area contributed by atoms with E-state index in [2.05, 4.69) is 17.1 Å². The number of aromatic amines is 1. The van der Waals surface area contributed by atoms with Gasteiger partial charge in [-0.25, -0.2) is 0 Å². The topological polar surface area (TPSA) is 54.7 Å². The lowest BCUT2D eigenvalue weighted by atomic mass is 10.0. The molecule has 0 radical (unpaired) electrons. The van der Waals surface area contributed by atoms with E-state index in [1.165, 1.54) is 24.1 Å². The summed E-state index contributed by atoms with van der Waals surface area (Å²) in [7, 11) is 0. The van der Waals surface area contributed by atoms with Crippen LogP contribution in [0.2, 0.25) is 0 Å². The third-order valence-electron chi connectivity index (χ3n) is 2.60. The Labute approximate surface area is 66.0 Å². The average molecular weight is 151 g/mol. The molecule has 0 atom stereocenters. The molecular weight excluding hydrogens is 138 g/mol. The maximum absolute atomic E-state index is 5.68. The van der Waals surface area contributed by atoms with E-state index in [0.29, 0.717) is 0 Å². The van der Waals surface area contributed by atoms with Crippen LogP contribution in [0.15, 0.2) is 6.20 Å². The molecule has 1 heterocycles. The van der Waals surface area contributed by atoms with Crippen LogP contribution in [0.3, 0.4) is 0 Å². The van der Waals surface area contributed by atoms with Crippen molar-refractivity contribution in [2.45, 2.75) is 25.2 Å². The molecule has 0 saturated heterocycles. The molecule has 1 fully saturated rings. The van der Waals surface area contributed by atoms with E-state index >= 15 is 0 Å². The Hall–Kier alpha value is -0.830. The average Bonchev–Trinajstić information content (AvgIpc) is 2.70. The van der Waals surface area contributed by atoms with Crippen LogP contribution in [0.1, 0.15) is 24.1 Å². The van der Waals surface area contributed by atoms with Gasteiger partial charge in [0.1, 0.15) is 0 Å². The summed E-state index contributed by atoms with van der Waals surface area (Å²) in [5.74, 6) is 0. The maximum Gasteiger partial charge on any atom is 0.0519 e. The summed E-state index contributed by atoms with van der Waals surface area (Å²) in [6, 6.07) is 0. The number of aromatic nitrogens is 2. The SMILES string of the molecule is Cc1cn[nH]c1C1(CN)CC1. The molecule has 0 unspecified atom stereocenters. The molecule has 1 aromatic rings. The first-order valence-corrected chi connectivity index (χ1v) is 3.99. The summed E-state index contributed by atoms with van der Waals surface area (Å²) in [6.07, 6.45) is 4.30. The van der Waals surface area contributed by atoms with E-state index in [1.807, 2.05) is 6.20 Å². The van der Waals surface area contributed by atoms with E-state index < -0.39 is 0 Å². The van der Waals surface area contributed by atoms with Crippen LogP contribution in [-0.2, 0) is 5.41 Å². The van der Waals surface area contributed by atoms with Crippen molar-refractivity contribution in [3.05, 3.63) is 17.5 Å². The minimum Gasteiger partial charge on any atom is -0.330 e. The van der Waals surface area contributed by atoms with E-state index in [9.17, 15) is 0 Å². The lowest BCUT2D eigenvalue weighted by Crippen LogP contribution is -2.20. The number of H-pyrrole nitrogens is 1. The summed E-state index contributed by atoms with van der Waals surface area (Å²) < 4.78 is 0. The molecule has 2 rings (SSSR count). The monoisotopic (exact) mass is 151 g/mol. The Morgan fingerprint density at radius 2 is 2.45 bits per heavy atom. The lowest BCUT2D eigenvalue weighted by molar-refractivity contribution is 0.670. The van der Waals surface area contributed by atoms with Gasteiger partial charge >= 0.3 is 0 Å². The van der Waals surface area contributed by atoms with Gasteiger partial charge in [0.25, 0.3) is 0 Å². The van der Waals surface area contributed by atoms with Crippen molar-refractivity contribution in [2.75, 3.05) is 6.54 Å². The fourth-order valence-corrected chi connectivity index (χ4v) is 1.59. The normalized spacial score (nSPS) is 20.2. The highest BCUT2D eigenvalue weighted by Crippen LogP contribution is 2.47. The molecule has 0 amide bonds. The van der Waals surface area contributed by atoms with Crippen molar-refractivity contribution in [1.82, 2.24) is 10.2 Å². The second kappa shape index (κ2) is 2.08. The molecule has 1 aliphatic rings. The van der Waals surface area contributed by atoms with Gasteiger partial charge in [-0.15, -0.1) is 0 Å². The predicted octanol–water partition coefficient (Wildman–Crippen LogP) is 0.708. The Balaban J connectivity index is 2.35. The van der Waals surface area contributed by atoms with Crippen molar-refractivity contribution in [1.29, 1.82) is 0 Å². The standard InChI is InChI=1S/C8H13N3/c1-6-4-10-11-7(6)8(5-9)2-3-8/h4H,2-3,5,9H2,1H3,(H,10,11). The van der Waals surface area contributed by atoms with Gasteiger partial charge < -0.3 is 5.73 Å². The maximum atomic E-state index is 5.68. The summed E-state index contributed by atoms with van der Waals surface area (Å²) in [4.78, 5) is 0. The molecule has 1 saturated carbocycles. The van der Waals surface area contributed by atoms with Crippen molar-refractivity contribution < 1.29 is 0 Å². The first-order valence-electron chi connectivity index (χ1n) is 3.99. The molecule has 11 heavy (non-hydrogen) atoms. The van der Waals surface area contributed by atoms with Crippen molar-refractivity contribution >= 4 is 0 Å². The molecule has 3 N–H and O–H groups in total. The fourth-order valence-electron chi connectivity index (χ4n) is 1.59. The highest BCUT2D eigenvalue weighted by Gasteiger charge is 2.45. The summed E-state index contributed by atoms with van der Waals surface area (Å²) in [5, 5.41) is 7.02. The van der Waals surface area contributed by atoms with Crippen LogP contribution < -0.4 is 5.73 Å². The second-order valence-electron chi connectivity index (χ2n) is 3.41. The zero-order chi connectivity index (χ0) is 7.90. The number of aryl methyl sites for hydroxylation is 1. The lowest BCUT2D eigenvalue weighted by Gasteiger charge is -2.09. The molecule has 0 bridgehead atoms. The van der Waals surface area contributed by atoms with E-state index in [-0.39, 0.29) is 5.41 Å². The van der Waals surface area contributed by atoms with Gasteiger partial charge in [0.2, 0.25) is 0 Å². The molecule has 0 aliphatic heterocycles. The van der Waals surface area contributed by atoms with Gasteiger partial charge in [0.15, 0.2) is 0 Å². The number of nitrogens with one attached hydrogen (secondary N) is 1. The van der Waals surface area contributed by atoms with Crippen LogP contribution in [0, 0.1) is 6.92 Å². The van der Waals surface area contributed by atoms with Crippen molar-refractivity contribution in [3.63, 3.8) is 0 Å². The first kappa shape index (κ1) is 6.85. The molecule has 0 aromatic carbocycles. The zero-order valence-electron chi connectivity index (χ0n) is 6.72. The van der Waals surface area contributed by atoms with E-state index in [4.69, 9.17) is 5.73 Å². The van der Waals surface area contributed by atoms with Gasteiger partial charge in [0.05, 0.1) is 6.20 Å². The van der Waals surface area contributed by atoms with Crippen LogP contribution in [0.5, 0.6) is 0 Å². The third-order valence-corrected chi connectivity index (χ3v) is 2.60. The minimum absolute atomic E-state index is 0.264. The predicted molar refractivity (Wildman–Crippen MR) is 43.3 cm³/mol. The molecule has 0 spiro atoms. The Morgan fingerprint density at radius 3 is 2.82 bits per heavy atom. The Bertz CT molecular complexity index is 260. The zero-order valence-corrected chi connectivity index (χ0v) is 6.72. The van der Waals surface area contributed by atoms with E-state index in [1.54, 1.807) is 0 Å². The van der Waals surface area contributed by atoms with Gasteiger partial charge in [-0.1, -0.05) is 0 Å². The Kier molecular flexibility index (Phi) is 1.29. The van der Waals surface area contributed by atoms with Crippen molar-refractivity contribution in [3.8, 4) is 0 Å². The van der Waals surface area contributed by atoms with Crippen LogP contribution in [-0.4, -0.2) is 16.7 Å². The number of hydrogen-bond donors (Lipinski definition) is 2. The largest absolute Gasteiger partial charge is 0.330 e. The van der Waals surface area contributed by atoms with Gasteiger partial charge in [0, 0.05) is 17.7 Å². The number of hydrogen-bond acceptors (Lipinski definition) is 2. The minimum atomic E-state index is 0.264. The molecule has 1 aromatic heterocycles. The molecule has 1 aliphatic carbocycles. The van der Waals surface area contributed by atoms with Crippen LogP contribution in [0.25, 0.3) is 0 Å². The van der Waals surface area contributed by atoms with E-state index in [0.717, 1.165) is 6.54 Å². The number of rotatable bonds is 2. The smallest absolute Gasteiger partial charge is 0.0519 e. The summed E-state index contributed by atoms with van der Waals surface area (Å²) >= 11 is 0. The fraction of sp³-hybridized carbons (Fsp3) is 0.625. The van der Waals surface area contributed by atoms with Gasteiger partial charge in [-0.2, -0.15) is 5.10 Å². The van der Waals surface area contributed by atoms with Crippen LogP contribution >= 0.6 is 0 Å². The van der Waals surface area contributed by atoms with Crippen molar-refractivity contribution in [2.24, 2.45) is 5.73 Å². The summed E-state index contributed by atoms with van der Waals surface area (Å²) in [5.41, 5.74) is 8.44. The highest BCUT2D eigenvalue weighted by atomic mass is 15.1.